The fourth-order valence-corrected chi connectivity index (χ4v) is 2.91. The third-order valence-electron chi connectivity index (χ3n) is 4.28. The summed E-state index contributed by atoms with van der Waals surface area (Å²) in [7, 11) is 0. The minimum atomic E-state index is -0.623. The van der Waals surface area contributed by atoms with Crippen molar-refractivity contribution in [2.24, 2.45) is 0 Å². The summed E-state index contributed by atoms with van der Waals surface area (Å²) in [4.78, 5) is 24.6. The average molecular weight is 390 g/mol. The minimum Gasteiger partial charge on any atom is -0.490 e. The number of unbranched alkanes of at least 4 members (excludes halogenated alkanes) is 1. The molecule has 0 fully saturated rings. The highest BCUT2D eigenvalue weighted by Gasteiger charge is 2.32. The molecule has 7 nitrogen and oxygen atoms in total. The highest BCUT2D eigenvalue weighted by Crippen LogP contribution is 2.35. The van der Waals surface area contributed by atoms with Gasteiger partial charge in [-0.1, -0.05) is 26.3 Å². The summed E-state index contributed by atoms with van der Waals surface area (Å²) in [6.45, 7) is 9.03. The zero-order valence-corrected chi connectivity index (χ0v) is 17.1. The number of allylic oxidation sites excluding steroid dienone is 1. The first-order valence-corrected chi connectivity index (χ1v) is 9.86. The Morgan fingerprint density at radius 2 is 1.86 bits per heavy atom. The Bertz CT molecular complexity index is 730. The van der Waals surface area contributed by atoms with Gasteiger partial charge < -0.3 is 24.8 Å². The van der Waals surface area contributed by atoms with E-state index in [0.717, 1.165) is 24.8 Å². The van der Waals surface area contributed by atoms with E-state index in [2.05, 4.69) is 17.6 Å². The zero-order valence-electron chi connectivity index (χ0n) is 17.1. The van der Waals surface area contributed by atoms with Crippen LogP contribution in [0.5, 0.6) is 11.5 Å². The molecular formula is C21H30N2O5. The van der Waals surface area contributed by atoms with Crippen LogP contribution in [0.25, 0.3) is 0 Å². The number of rotatable bonds is 10. The summed E-state index contributed by atoms with van der Waals surface area (Å²) in [5.41, 5.74) is 1.59. The van der Waals surface area contributed by atoms with Gasteiger partial charge in [-0.25, -0.2) is 9.59 Å². The normalized spacial score (nSPS) is 16.3. The fraction of sp³-hybridized carbons (Fsp3) is 0.524. The first-order valence-electron chi connectivity index (χ1n) is 9.86. The Balaban J connectivity index is 2.36. The predicted molar refractivity (Wildman–Crippen MR) is 106 cm³/mol. The van der Waals surface area contributed by atoms with Crippen molar-refractivity contribution in [1.82, 2.24) is 10.6 Å². The molecule has 28 heavy (non-hydrogen) atoms. The van der Waals surface area contributed by atoms with Crippen LogP contribution in [0.2, 0.25) is 0 Å². The van der Waals surface area contributed by atoms with Gasteiger partial charge in [0.15, 0.2) is 11.5 Å². The van der Waals surface area contributed by atoms with Gasteiger partial charge in [0.25, 0.3) is 0 Å². The molecule has 0 radical (unpaired) electrons. The Morgan fingerprint density at radius 1 is 1.07 bits per heavy atom. The van der Waals surface area contributed by atoms with E-state index in [9.17, 15) is 9.59 Å². The van der Waals surface area contributed by atoms with Crippen molar-refractivity contribution in [1.29, 1.82) is 0 Å². The predicted octanol–water partition coefficient (Wildman–Crippen LogP) is 3.85. The molecule has 1 aromatic rings. The van der Waals surface area contributed by atoms with Crippen LogP contribution < -0.4 is 20.1 Å². The average Bonchev–Trinajstić information content (AvgIpc) is 2.67. The van der Waals surface area contributed by atoms with Gasteiger partial charge in [0.05, 0.1) is 31.4 Å². The molecule has 0 aromatic heterocycles. The summed E-state index contributed by atoms with van der Waals surface area (Å²) in [6, 6.07) is 4.47. The van der Waals surface area contributed by atoms with Crippen molar-refractivity contribution >= 4 is 12.0 Å². The van der Waals surface area contributed by atoms with Gasteiger partial charge in [-0.15, -0.1) is 0 Å². The number of ether oxygens (including phenoxy) is 3. The molecule has 0 aliphatic carbocycles. The summed E-state index contributed by atoms with van der Waals surface area (Å²) >= 11 is 0. The molecular weight excluding hydrogens is 360 g/mol. The smallest absolute Gasteiger partial charge is 0.338 e. The summed E-state index contributed by atoms with van der Waals surface area (Å²) in [6.07, 6.45) is 2.71. The molecule has 7 heteroatoms. The van der Waals surface area contributed by atoms with E-state index in [0.29, 0.717) is 42.6 Å². The lowest BCUT2D eigenvalue weighted by atomic mass is 9.95. The van der Waals surface area contributed by atoms with Crippen LogP contribution in [0.15, 0.2) is 29.5 Å². The van der Waals surface area contributed by atoms with E-state index in [-0.39, 0.29) is 6.03 Å². The number of hydrogen-bond donors (Lipinski definition) is 2. The van der Waals surface area contributed by atoms with Crippen molar-refractivity contribution < 1.29 is 23.8 Å². The topological polar surface area (TPSA) is 85.9 Å². The number of urea groups is 1. The summed E-state index contributed by atoms with van der Waals surface area (Å²) in [5, 5.41) is 5.45. The van der Waals surface area contributed by atoms with Crippen LogP contribution in [0, 0.1) is 0 Å². The zero-order chi connectivity index (χ0) is 20.5. The van der Waals surface area contributed by atoms with Gasteiger partial charge >= 0.3 is 12.0 Å². The molecule has 1 aliphatic heterocycles. The number of carbonyl (C=O) groups excluding carboxylic acids is 2. The molecule has 0 saturated carbocycles. The summed E-state index contributed by atoms with van der Waals surface area (Å²) in [5.74, 6) is 0.788. The van der Waals surface area contributed by atoms with E-state index >= 15 is 0 Å². The fourth-order valence-electron chi connectivity index (χ4n) is 2.91. The Morgan fingerprint density at radius 3 is 2.54 bits per heavy atom. The van der Waals surface area contributed by atoms with Crippen LogP contribution in [-0.4, -0.2) is 31.8 Å². The largest absolute Gasteiger partial charge is 0.490 e. The lowest BCUT2D eigenvalue weighted by molar-refractivity contribution is -0.139. The molecule has 2 N–H and O–H groups in total. The molecule has 1 atom stereocenters. The molecule has 1 aliphatic rings. The van der Waals surface area contributed by atoms with Crippen molar-refractivity contribution in [3.63, 3.8) is 0 Å². The second kappa shape index (κ2) is 10.6. The van der Waals surface area contributed by atoms with E-state index < -0.39 is 12.0 Å². The first-order chi connectivity index (χ1) is 13.5. The van der Waals surface area contributed by atoms with Crippen LogP contribution >= 0.6 is 0 Å². The Kier molecular flexibility index (Phi) is 8.17. The summed E-state index contributed by atoms with van der Waals surface area (Å²) < 4.78 is 16.9. The van der Waals surface area contributed by atoms with Crippen LogP contribution in [0.1, 0.15) is 58.6 Å². The third-order valence-corrected chi connectivity index (χ3v) is 4.28. The lowest BCUT2D eigenvalue weighted by Crippen LogP contribution is -2.45. The maximum atomic E-state index is 12.6. The number of carbonyl (C=O) groups is 2. The molecule has 0 spiro atoms. The van der Waals surface area contributed by atoms with Crippen LogP contribution in [0.4, 0.5) is 4.79 Å². The van der Waals surface area contributed by atoms with Gasteiger partial charge in [0, 0.05) is 5.70 Å². The Labute approximate surface area is 166 Å². The first kappa shape index (κ1) is 21.6. The van der Waals surface area contributed by atoms with Gasteiger partial charge in [-0.3, -0.25) is 0 Å². The maximum absolute atomic E-state index is 12.6. The van der Waals surface area contributed by atoms with Crippen molar-refractivity contribution in [3.05, 3.63) is 35.0 Å². The second-order valence-electron chi connectivity index (χ2n) is 6.55. The molecule has 2 amide bonds. The van der Waals surface area contributed by atoms with Crippen molar-refractivity contribution in [2.45, 2.75) is 53.0 Å². The second-order valence-corrected chi connectivity index (χ2v) is 6.55. The highest BCUT2D eigenvalue weighted by atomic mass is 16.5. The molecule has 1 unspecified atom stereocenters. The standard InChI is InChI=1S/C21H30N2O5/c1-5-8-12-27-16-10-9-15(13-17(16)26-7-3)19-18(20(24)28-11-6-2)14(4)22-21(25)23-19/h9-10,13,19H,5-8,11-12H2,1-4H3,(H2,22,23,25). The molecule has 0 bridgehead atoms. The van der Waals surface area contributed by atoms with Crippen molar-refractivity contribution in [3.8, 4) is 11.5 Å². The van der Waals surface area contributed by atoms with E-state index in [1.807, 2.05) is 26.0 Å². The molecule has 1 heterocycles. The number of hydrogen-bond acceptors (Lipinski definition) is 5. The van der Waals surface area contributed by atoms with Gasteiger partial charge in [0.1, 0.15) is 0 Å². The number of esters is 1. The van der Waals surface area contributed by atoms with E-state index in [1.165, 1.54) is 0 Å². The van der Waals surface area contributed by atoms with Crippen LogP contribution in [0.3, 0.4) is 0 Å². The molecule has 0 saturated heterocycles. The third kappa shape index (κ3) is 5.41. The molecule has 1 aromatic carbocycles. The highest BCUT2D eigenvalue weighted by molar-refractivity contribution is 5.95. The van der Waals surface area contributed by atoms with Crippen LogP contribution in [-0.2, 0) is 9.53 Å². The van der Waals surface area contributed by atoms with Gasteiger partial charge in [-0.05, 0) is 44.4 Å². The molecule has 154 valence electrons. The SMILES string of the molecule is CCCCOc1ccc(C2NC(=O)NC(C)=C2C(=O)OCCC)cc1OCC. The maximum Gasteiger partial charge on any atom is 0.338 e. The quantitative estimate of drug-likeness (QED) is 0.468. The van der Waals surface area contributed by atoms with Crippen molar-refractivity contribution in [2.75, 3.05) is 19.8 Å². The number of amides is 2. The lowest BCUT2D eigenvalue weighted by Gasteiger charge is -2.28. The van der Waals surface area contributed by atoms with Gasteiger partial charge in [0.2, 0.25) is 0 Å². The number of nitrogens with one attached hydrogen (secondary N) is 2. The van der Waals surface area contributed by atoms with Gasteiger partial charge in [-0.2, -0.15) is 0 Å². The van der Waals surface area contributed by atoms with E-state index in [1.54, 1.807) is 13.0 Å². The minimum absolute atomic E-state index is 0.324. The Hall–Kier alpha value is -2.70. The molecule has 2 rings (SSSR count). The monoisotopic (exact) mass is 390 g/mol. The number of benzene rings is 1. The van der Waals surface area contributed by atoms with E-state index in [4.69, 9.17) is 14.2 Å².